The predicted octanol–water partition coefficient (Wildman–Crippen LogP) is 2.68. The van der Waals surface area contributed by atoms with Crippen LogP contribution in [0.15, 0.2) is 53.4 Å². The van der Waals surface area contributed by atoms with Gasteiger partial charge in [0.2, 0.25) is 11.8 Å². The number of hydrogen-bond acceptors (Lipinski definition) is 6. The normalized spacial score (nSPS) is 15.5. The minimum absolute atomic E-state index is 0.0575. The molecule has 1 amide bonds. The van der Waals surface area contributed by atoms with Gasteiger partial charge in [-0.2, -0.15) is 4.98 Å². The Labute approximate surface area is 174 Å². The second-order valence-electron chi connectivity index (χ2n) is 6.92. The van der Waals surface area contributed by atoms with Gasteiger partial charge in [0.1, 0.15) is 6.61 Å². The van der Waals surface area contributed by atoms with E-state index in [9.17, 15) is 13.2 Å². The van der Waals surface area contributed by atoms with Gasteiger partial charge < -0.3 is 10.1 Å². The Hall–Kier alpha value is -3.46. The highest BCUT2D eigenvalue weighted by atomic mass is 32.2. The van der Waals surface area contributed by atoms with E-state index in [4.69, 9.17) is 4.74 Å². The highest BCUT2D eigenvalue weighted by Crippen LogP contribution is 2.29. The Kier molecular flexibility index (Phi) is 5.13. The summed E-state index contributed by atoms with van der Waals surface area (Å²) in [7, 11) is -4.01. The lowest BCUT2D eigenvalue weighted by Gasteiger charge is -2.13. The van der Waals surface area contributed by atoms with Crippen LogP contribution in [0.1, 0.15) is 21.5 Å². The van der Waals surface area contributed by atoms with Crippen LogP contribution in [0.4, 0.5) is 5.95 Å². The average Bonchev–Trinajstić information content (AvgIpc) is 2.70. The molecule has 1 aromatic heterocycles. The molecule has 30 heavy (non-hydrogen) atoms. The lowest BCUT2D eigenvalue weighted by molar-refractivity contribution is 0.0946. The van der Waals surface area contributed by atoms with Crippen LogP contribution in [0.25, 0.3) is 11.3 Å². The Morgan fingerprint density at radius 3 is 2.50 bits per heavy atom. The van der Waals surface area contributed by atoms with Gasteiger partial charge in [0.05, 0.1) is 17.1 Å². The maximum atomic E-state index is 12.9. The Morgan fingerprint density at radius 1 is 1.00 bits per heavy atom. The maximum Gasteiger partial charge on any atom is 0.264 e. The Bertz CT molecular complexity index is 1220. The average molecular weight is 424 g/mol. The van der Waals surface area contributed by atoms with Crippen molar-refractivity contribution >= 4 is 21.9 Å². The number of nitrogens with one attached hydrogen (secondary N) is 2. The second kappa shape index (κ2) is 7.75. The number of amides is 1. The molecule has 2 N–H and O–H groups in total. The largest absolute Gasteiger partial charge is 0.476 e. The van der Waals surface area contributed by atoms with Crippen LogP contribution in [0, 0.1) is 13.8 Å². The van der Waals surface area contributed by atoms with Crippen molar-refractivity contribution < 1.29 is 17.9 Å². The number of benzene rings is 2. The Balaban J connectivity index is 1.85. The summed E-state index contributed by atoms with van der Waals surface area (Å²) in [6.45, 7) is 4.32. The van der Waals surface area contributed by atoms with Crippen LogP contribution in [-0.2, 0) is 10.0 Å². The fraction of sp³-hybridized carbons (Fsp3) is 0.190. The molecule has 2 heterocycles. The van der Waals surface area contributed by atoms with Gasteiger partial charge in [-0.1, -0.05) is 24.3 Å². The van der Waals surface area contributed by atoms with E-state index in [1.54, 1.807) is 12.1 Å². The molecule has 0 aliphatic carbocycles. The quantitative estimate of drug-likeness (QED) is 0.621. The number of aryl methyl sites for hydroxylation is 2. The van der Waals surface area contributed by atoms with Gasteiger partial charge >= 0.3 is 0 Å². The van der Waals surface area contributed by atoms with Crippen molar-refractivity contribution in [1.82, 2.24) is 15.3 Å². The molecule has 0 atom stereocenters. The molecule has 2 aromatic carbocycles. The first-order valence-electron chi connectivity index (χ1n) is 9.33. The topological polar surface area (TPSA) is 110 Å². The summed E-state index contributed by atoms with van der Waals surface area (Å²) in [4.78, 5) is 20.9. The SMILES string of the molecule is Cc1cccc(C)c1-c1cc2nc(n1)NS(=O)(=O)c1cccc(c1)C(=O)NCCO2. The molecule has 3 aromatic rings. The van der Waals surface area contributed by atoms with E-state index in [-0.39, 0.29) is 41.3 Å². The van der Waals surface area contributed by atoms with Gasteiger partial charge in [-0.15, -0.1) is 0 Å². The number of nitrogens with zero attached hydrogens (tertiary/aromatic N) is 2. The summed E-state index contributed by atoms with van der Waals surface area (Å²) in [6.07, 6.45) is 0. The molecular weight excluding hydrogens is 404 g/mol. The monoisotopic (exact) mass is 424 g/mol. The summed E-state index contributed by atoms with van der Waals surface area (Å²) in [5.41, 5.74) is 3.64. The van der Waals surface area contributed by atoms with Crippen LogP contribution in [-0.4, -0.2) is 37.4 Å². The van der Waals surface area contributed by atoms with E-state index in [1.165, 1.54) is 18.2 Å². The molecule has 154 valence electrons. The molecule has 0 saturated heterocycles. The fourth-order valence-corrected chi connectivity index (χ4v) is 4.29. The molecule has 9 heteroatoms. The highest BCUT2D eigenvalue weighted by Gasteiger charge is 2.20. The lowest BCUT2D eigenvalue weighted by atomic mass is 10.00. The maximum absolute atomic E-state index is 12.9. The lowest BCUT2D eigenvalue weighted by Crippen LogP contribution is -2.28. The van der Waals surface area contributed by atoms with Crippen molar-refractivity contribution in [2.45, 2.75) is 18.7 Å². The minimum atomic E-state index is -4.01. The van der Waals surface area contributed by atoms with Gasteiger partial charge in [-0.3, -0.25) is 4.79 Å². The van der Waals surface area contributed by atoms with Gasteiger partial charge in [-0.05, 0) is 43.2 Å². The van der Waals surface area contributed by atoms with Crippen molar-refractivity contribution in [2.24, 2.45) is 0 Å². The summed E-state index contributed by atoms with van der Waals surface area (Å²) in [5.74, 6) is -0.279. The number of aromatic nitrogens is 2. The summed E-state index contributed by atoms with van der Waals surface area (Å²) >= 11 is 0. The first-order chi connectivity index (χ1) is 14.3. The highest BCUT2D eigenvalue weighted by molar-refractivity contribution is 7.92. The van der Waals surface area contributed by atoms with Gasteiger partial charge in [0.25, 0.3) is 15.9 Å². The number of rotatable bonds is 1. The number of carbonyl (C=O) groups excluding carboxylic acids is 1. The fourth-order valence-electron chi connectivity index (χ4n) is 3.30. The van der Waals surface area contributed by atoms with Gasteiger partial charge in [0, 0.05) is 17.2 Å². The smallest absolute Gasteiger partial charge is 0.264 e. The number of sulfonamides is 1. The number of ether oxygens (including phenoxy) is 1. The third-order valence-corrected chi connectivity index (χ3v) is 6.04. The third-order valence-electron chi connectivity index (χ3n) is 4.71. The van der Waals surface area contributed by atoms with Crippen LogP contribution in [0.2, 0.25) is 0 Å². The van der Waals surface area contributed by atoms with Crippen LogP contribution in [0.3, 0.4) is 0 Å². The number of hydrogen-bond donors (Lipinski definition) is 2. The van der Waals surface area contributed by atoms with E-state index >= 15 is 0 Å². The van der Waals surface area contributed by atoms with Gasteiger partial charge in [-0.25, -0.2) is 18.1 Å². The van der Waals surface area contributed by atoms with E-state index in [1.807, 2.05) is 32.0 Å². The standard InChI is InChI=1S/C21H20N4O4S/c1-13-5-3-6-14(2)19(13)17-12-18-24-21(23-17)25-30(27,28)16-8-4-7-15(11-16)20(26)22-9-10-29-18/h3-8,11-12H,9-10H2,1-2H3,(H,22,26)(H,23,24,25). The first-order valence-corrected chi connectivity index (χ1v) is 10.8. The minimum Gasteiger partial charge on any atom is -0.476 e. The van der Waals surface area contributed by atoms with Crippen LogP contribution in [0.5, 0.6) is 5.88 Å². The van der Waals surface area contributed by atoms with E-state index < -0.39 is 10.0 Å². The third kappa shape index (κ3) is 3.97. The first kappa shape index (κ1) is 19.8. The zero-order valence-electron chi connectivity index (χ0n) is 16.5. The zero-order chi connectivity index (χ0) is 21.3. The molecule has 0 radical (unpaired) electrons. The van der Waals surface area contributed by atoms with Crippen molar-refractivity contribution in [3.05, 3.63) is 65.2 Å². The number of carbonyl (C=O) groups is 1. The summed E-state index contributed by atoms with van der Waals surface area (Å²) in [6, 6.07) is 13.3. The summed E-state index contributed by atoms with van der Waals surface area (Å²) in [5, 5.41) is 2.71. The molecule has 8 nitrogen and oxygen atoms in total. The summed E-state index contributed by atoms with van der Waals surface area (Å²) < 4.78 is 33.9. The molecular formula is C21H20N4O4S. The molecule has 0 spiro atoms. The van der Waals surface area contributed by atoms with Crippen molar-refractivity contribution in [3.8, 4) is 17.1 Å². The van der Waals surface area contributed by atoms with Crippen molar-refractivity contribution in [1.29, 1.82) is 0 Å². The van der Waals surface area contributed by atoms with E-state index in [0.29, 0.717) is 5.69 Å². The molecule has 0 saturated carbocycles. The van der Waals surface area contributed by atoms with E-state index in [2.05, 4.69) is 20.0 Å². The predicted molar refractivity (Wildman–Crippen MR) is 112 cm³/mol. The molecule has 4 rings (SSSR count). The molecule has 0 unspecified atom stereocenters. The van der Waals surface area contributed by atoms with E-state index in [0.717, 1.165) is 16.7 Å². The number of fused-ring (bicyclic) bond motifs is 4. The molecule has 0 fully saturated rings. The zero-order valence-corrected chi connectivity index (χ0v) is 17.3. The van der Waals surface area contributed by atoms with Crippen molar-refractivity contribution in [3.63, 3.8) is 0 Å². The van der Waals surface area contributed by atoms with Crippen LogP contribution < -0.4 is 14.8 Å². The van der Waals surface area contributed by atoms with Gasteiger partial charge in [0.15, 0.2) is 0 Å². The second-order valence-corrected chi connectivity index (χ2v) is 8.60. The molecule has 1 aliphatic heterocycles. The Morgan fingerprint density at radius 2 is 1.73 bits per heavy atom. The molecule has 4 bridgehead atoms. The van der Waals surface area contributed by atoms with Crippen LogP contribution >= 0.6 is 0 Å². The van der Waals surface area contributed by atoms with Crippen molar-refractivity contribution in [2.75, 3.05) is 17.9 Å². The molecule has 1 aliphatic rings. The number of anilines is 1.